The normalized spacial score (nSPS) is 12.7. The molecular weight excluding hydrogens is 228 g/mol. The lowest BCUT2D eigenvalue weighted by molar-refractivity contribution is 0.593. The Balaban J connectivity index is 2.06. The standard InChI is InChI=1S/C10H10N2OS2/c1-8-2-4-9(5-3-8)6-15(13)10-11-7-12-14-10/h2-5,7H,6H2,1H3. The average Bonchev–Trinajstić information content (AvgIpc) is 2.74. The van der Waals surface area contributed by atoms with E-state index < -0.39 is 11.2 Å². The van der Waals surface area contributed by atoms with E-state index in [9.17, 15) is 4.55 Å². The van der Waals surface area contributed by atoms with E-state index in [1.165, 1.54) is 23.4 Å². The predicted octanol–water partition coefficient (Wildman–Crippen LogP) is 2.15. The highest BCUT2D eigenvalue weighted by atomic mass is 32.2. The molecule has 1 unspecified atom stereocenters. The first-order valence-electron chi connectivity index (χ1n) is 4.46. The van der Waals surface area contributed by atoms with Crippen LogP contribution in [0.15, 0.2) is 34.9 Å². The third kappa shape index (κ3) is 2.77. The van der Waals surface area contributed by atoms with E-state index >= 15 is 0 Å². The molecule has 5 heteroatoms. The number of hydrogen-bond donors (Lipinski definition) is 0. The van der Waals surface area contributed by atoms with Gasteiger partial charge in [-0.3, -0.25) is 0 Å². The van der Waals surface area contributed by atoms with Crippen LogP contribution in [0.3, 0.4) is 0 Å². The molecule has 1 atom stereocenters. The molecule has 1 heterocycles. The van der Waals surface area contributed by atoms with Gasteiger partial charge in [0.05, 0.1) is 0 Å². The lowest BCUT2D eigenvalue weighted by Crippen LogP contribution is -2.04. The van der Waals surface area contributed by atoms with E-state index in [2.05, 4.69) is 9.36 Å². The second-order valence-corrected chi connectivity index (χ2v) is 5.59. The molecule has 0 aliphatic heterocycles. The number of nitrogens with zero attached hydrogens (tertiary/aromatic N) is 2. The highest BCUT2D eigenvalue weighted by molar-refractivity contribution is 7.92. The first-order chi connectivity index (χ1) is 7.25. The van der Waals surface area contributed by atoms with Gasteiger partial charge in [0.2, 0.25) is 0 Å². The summed E-state index contributed by atoms with van der Waals surface area (Å²) in [6.07, 6.45) is 1.44. The molecule has 0 bridgehead atoms. The monoisotopic (exact) mass is 238 g/mol. The number of benzene rings is 1. The second kappa shape index (κ2) is 4.74. The molecule has 0 N–H and O–H groups in total. The summed E-state index contributed by atoms with van der Waals surface area (Å²) in [5.74, 6) is 0.509. The van der Waals surface area contributed by atoms with Gasteiger partial charge < -0.3 is 4.55 Å². The van der Waals surface area contributed by atoms with Crippen molar-refractivity contribution in [1.29, 1.82) is 0 Å². The van der Waals surface area contributed by atoms with Crippen LogP contribution in [0.2, 0.25) is 0 Å². The number of aromatic nitrogens is 2. The minimum absolute atomic E-state index is 0.509. The van der Waals surface area contributed by atoms with Gasteiger partial charge in [0.15, 0.2) is 0 Å². The largest absolute Gasteiger partial charge is 0.609 e. The first-order valence-corrected chi connectivity index (χ1v) is 6.55. The third-order valence-corrected chi connectivity index (χ3v) is 4.29. The van der Waals surface area contributed by atoms with Gasteiger partial charge in [-0.05, 0) is 6.92 Å². The average molecular weight is 238 g/mol. The van der Waals surface area contributed by atoms with Gasteiger partial charge in [0.25, 0.3) is 0 Å². The van der Waals surface area contributed by atoms with Crippen molar-refractivity contribution in [2.45, 2.75) is 17.0 Å². The Labute approximate surface area is 95.5 Å². The molecule has 0 saturated carbocycles. The molecule has 78 valence electrons. The summed E-state index contributed by atoms with van der Waals surface area (Å²) >= 11 is 0.127. The van der Waals surface area contributed by atoms with Crippen LogP contribution in [0, 0.1) is 6.92 Å². The Morgan fingerprint density at radius 3 is 2.67 bits per heavy atom. The number of rotatable bonds is 3. The summed E-state index contributed by atoms with van der Waals surface area (Å²) in [6, 6.07) is 8.03. The molecule has 3 nitrogen and oxygen atoms in total. The van der Waals surface area contributed by atoms with Crippen molar-refractivity contribution < 1.29 is 4.55 Å². The van der Waals surface area contributed by atoms with E-state index in [4.69, 9.17) is 0 Å². The van der Waals surface area contributed by atoms with Crippen LogP contribution in [0.5, 0.6) is 0 Å². The van der Waals surface area contributed by atoms with Crippen molar-refractivity contribution in [3.63, 3.8) is 0 Å². The van der Waals surface area contributed by atoms with E-state index in [1.807, 2.05) is 31.2 Å². The van der Waals surface area contributed by atoms with Gasteiger partial charge in [-0.2, -0.15) is 9.36 Å². The predicted molar refractivity (Wildman–Crippen MR) is 61.2 cm³/mol. The highest BCUT2D eigenvalue weighted by Gasteiger charge is 2.15. The summed E-state index contributed by atoms with van der Waals surface area (Å²) < 4.78 is 16.2. The Morgan fingerprint density at radius 1 is 1.33 bits per heavy atom. The quantitative estimate of drug-likeness (QED) is 0.770. The van der Waals surface area contributed by atoms with Crippen LogP contribution >= 0.6 is 11.5 Å². The molecule has 15 heavy (non-hydrogen) atoms. The molecule has 1 aromatic heterocycles. The van der Waals surface area contributed by atoms with Crippen LogP contribution in [-0.2, 0) is 16.9 Å². The van der Waals surface area contributed by atoms with Gasteiger partial charge in [-0.1, -0.05) is 29.8 Å². The van der Waals surface area contributed by atoms with E-state index in [-0.39, 0.29) is 0 Å². The van der Waals surface area contributed by atoms with Crippen LogP contribution < -0.4 is 0 Å². The van der Waals surface area contributed by atoms with E-state index in [0.717, 1.165) is 5.56 Å². The molecule has 0 radical (unpaired) electrons. The maximum absolute atomic E-state index is 11.8. The van der Waals surface area contributed by atoms with Gasteiger partial charge in [-0.25, -0.2) is 0 Å². The van der Waals surface area contributed by atoms with Crippen LogP contribution in [0.4, 0.5) is 0 Å². The fourth-order valence-electron chi connectivity index (χ4n) is 1.16. The van der Waals surface area contributed by atoms with Crippen molar-refractivity contribution in [3.05, 3.63) is 41.7 Å². The minimum atomic E-state index is -1.06. The lowest BCUT2D eigenvalue weighted by Gasteiger charge is -2.06. The maximum Gasteiger partial charge on any atom is 0.321 e. The van der Waals surface area contributed by atoms with Crippen molar-refractivity contribution >= 4 is 22.7 Å². The molecular formula is C10H10N2OS2. The molecule has 0 saturated heterocycles. The van der Waals surface area contributed by atoms with Gasteiger partial charge >= 0.3 is 4.34 Å². The lowest BCUT2D eigenvalue weighted by atomic mass is 10.2. The minimum Gasteiger partial charge on any atom is -0.609 e. The molecule has 0 aliphatic carbocycles. The zero-order valence-electron chi connectivity index (χ0n) is 8.21. The molecule has 0 amide bonds. The molecule has 0 fully saturated rings. The summed E-state index contributed by atoms with van der Waals surface area (Å²) in [4.78, 5) is 3.94. The fourth-order valence-corrected chi connectivity index (χ4v) is 2.86. The van der Waals surface area contributed by atoms with Gasteiger partial charge in [-0.15, -0.1) is 0 Å². The van der Waals surface area contributed by atoms with Crippen molar-refractivity contribution in [1.82, 2.24) is 9.36 Å². The Morgan fingerprint density at radius 2 is 2.07 bits per heavy atom. The second-order valence-electron chi connectivity index (χ2n) is 3.18. The van der Waals surface area contributed by atoms with Gasteiger partial charge in [0.1, 0.15) is 12.1 Å². The van der Waals surface area contributed by atoms with Crippen molar-refractivity contribution in [2.75, 3.05) is 0 Å². The first kappa shape index (κ1) is 10.6. The van der Waals surface area contributed by atoms with Gasteiger partial charge in [0, 0.05) is 28.3 Å². The summed E-state index contributed by atoms with van der Waals surface area (Å²) in [5.41, 5.74) is 2.27. The van der Waals surface area contributed by atoms with Crippen LogP contribution in [0.1, 0.15) is 11.1 Å². The zero-order chi connectivity index (χ0) is 10.7. The molecule has 1 aromatic carbocycles. The Hall–Kier alpha value is -0.910. The smallest absolute Gasteiger partial charge is 0.321 e. The maximum atomic E-state index is 11.8. The Bertz CT molecular complexity index is 413. The van der Waals surface area contributed by atoms with E-state index in [1.54, 1.807) is 0 Å². The van der Waals surface area contributed by atoms with Crippen LogP contribution in [-0.4, -0.2) is 13.9 Å². The fraction of sp³-hybridized carbons (Fsp3) is 0.200. The molecule has 0 aliphatic rings. The molecule has 0 spiro atoms. The summed E-state index contributed by atoms with van der Waals surface area (Å²) in [5, 5.41) is 0. The summed E-state index contributed by atoms with van der Waals surface area (Å²) in [6.45, 7) is 2.03. The molecule has 2 rings (SSSR count). The highest BCUT2D eigenvalue weighted by Crippen LogP contribution is 2.16. The van der Waals surface area contributed by atoms with E-state index in [0.29, 0.717) is 10.1 Å². The Kier molecular flexibility index (Phi) is 3.35. The summed E-state index contributed by atoms with van der Waals surface area (Å²) in [7, 11) is 0. The number of aryl methyl sites for hydroxylation is 1. The molecule has 2 aromatic rings. The topological polar surface area (TPSA) is 48.8 Å². The number of hydrogen-bond acceptors (Lipinski definition) is 4. The van der Waals surface area contributed by atoms with Crippen molar-refractivity contribution in [2.24, 2.45) is 0 Å². The zero-order valence-corrected chi connectivity index (χ0v) is 9.85. The van der Waals surface area contributed by atoms with Crippen LogP contribution in [0.25, 0.3) is 0 Å². The third-order valence-electron chi connectivity index (χ3n) is 1.95. The van der Waals surface area contributed by atoms with Crippen molar-refractivity contribution in [3.8, 4) is 0 Å². The SMILES string of the molecule is Cc1ccc(C[S+]([O-])c2ncns2)cc1.